The van der Waals surface area contributed by atoms with Gasteiger partial charge >= 0.3 is 0 Å². The molecule has 0 atom stereocenters. The predicted molar refractivity (Wildman–Crippen MR) is 120 cm³/mol. The lowest BCUT2D eigenvalue weighted by Gasteiger charge is -2.26. The number of ether oxygens (including phenoxy) is 1. The van der Waals surface area contributed by atoms with Gasteiger partial charge in [0.2, 0.25) is 10.0 Å². The van der Waals surface area contributed by atoms with E-state index in [0.717, 1.165) is 13.0 Å². The van der Waals surface area contributed by atoms with E-state index in [1.54, 1.807) is 0 Å². The van der Waals surface area contributed by atoms with Gasteiger partial charge < -0.3 is 15.4 Å². The predicted octanol–water partition coefficient (Wildman–Crippen LogP) is 1.58. The van der Waals surface area contributed by atoms with E-state index in [0.29, 0.717) is 45.4 Å². The third kappa shape index (κ3) is 7.92. The molecule has 154 valence electrons. The lowest BCUT2D eigenvalue weighted by molar-refractivity contribution is 0.0730. The summed E-state index contributed by atoms with van der Waals surface area (Å²) in [4.78, 5) is 4.59. The number of hydrogen-bond acceptors (Lipinski definition) is 4. The van der Waals surface area contributed by atoms with Gasteiger partial charge in [0.05, 0.1) is 25.5 Å². The smallest absolute Gasteiger partial charge is 0.215 e. The fraction of sp³-hybridized carbons (Fsp3) is 0.611. The number of aryl methyl sites for hydroxylation is 1. The second-order valence-corrected chi connectivity index (χ2v) is 8.16. The highest BCUT2D eigenvalue weighted by Crippen LogP contribution is 2.10. The second-order valence-electron chi connectivity index (χ2n) is 6.07. The van der Waals surface area contributed by atoms with Gasteiger partial charge in [0.1, 0.15) is 0 Å². The van der Waals surface area contributed by atoms with Gasteiger partial charge in [-0.05, 0) is 24.5 Å². The maximum absolute atomic E-state index is 12.4. The highest BCUT2D eigenvalue weighted by atomic mass is 127. The van der Waals surface area contributed by atoms with Crippen molar-refractivity contribution < 1.29 is 13.2 Å². The first-order chi connectivity index (χ1) is 12.6. The van der Waals surface area contributed by atoms with Crippen LogP contribution in [0, 0.1) is 0 Å². The van der Waals surface area contributed by atoms with Crippen molar-refractivity contribution in [1.82, 2.24) is 14.9 Å². The molecule has 1 saturated heterocycles. The third-order valence-corrected chi connectivity index (χ3v) is 6.14. The zero-order valence-electron chi connectivity index (χ0n) is 16.1. The number of benzene rings is 1. The van der Waals surface area contributed by atoms with Crippen LogP contribution in [0.2, 0.25) is 0 Å². The SMILES string of the molecule is CCNC(=NCc1ccccc1CC)NCCS(=O)(=O)N1CCOCC1.I. The summed E-state index contributed by atoms with van der Waals surface area (Å²) < 4.78 is 31.4. The number of nitrogens with zero attached hydrogens (tertiary/aromatic N) is 2. The van der Waals surface area contributed by atoms with Crippen LogP contribution < -0.4 is 10.6 Å². The fourth-order valence-electron chi connectivity index (χ4n) is 2.81. The molecule has 0 amide bonds. The Hall–Kier alpha value is -0.910. The van der Waals surface area contributed by atoms with Gasteiger partial charge in [-0.1, -0.05) is 31.2 Å². The van der Waals surface area contributed by atoms with Crippen LogP contribution in [0.15, 0.2) is 29.3 Å². The molecule has 1 heterocycles. The van der Waals surface area contributed by atoms with Crippen LogP contribution in [0.1, 0.15) is 25.0 Å². The molecule has 9 heteroatoms. The highest BCUT2D eigenvalue weighted by molar-refractivity contribution is 14.0. The van der Waals surface area contributed by atoms with Crippen molar-refractivity contribution in [2.75, 3.05) is 45.1 Å². The van der Waals surface area contributed by atoms with E-state index in [1.165, 1.54) is 15.4 Å². The zero-order chi connectivity index (χ0) is 18.8. The summed E-state index contributed by atoms with van der Waals surface area (Å²) in [6.45, 7) is 7.52. The van der Waals surface area contributed by atoms with Crippen LogP contribution >= 0.6 is 24.0 Å². The molecule has 7 nitrogen and oxygen atoms in total. The number of sulfonamides is 1. The van der Waals surface area contributed by atoms with E-state index in [2.05, 4.69) is 34.7 Å². The summed E-state index contributed by atoms with van der Waals surface area (Å²) in [5.41, 5.74) is 2.47. The van der Waals surface area contributed by atoms with E-state index >= 15 is 0 Å². The molecule has 0 radical (unpaired) electrons. The van der Waals surface area contributed by atoms with Crippen LogP contribution in [0.3, 0.4) is 0 Å². The first kappa shape index (κ1) is 24.1. The number of hydrogen-bond donors (Lipinski definition) is 2. The molecule has 1 fully saturated rings. The first-order valence-electron chi connectivity index (χ1n) is 9.21. The summed E-state index contributed by atoms with van der Waals surface area (Å²) in [6.07, 6.45) is 0.966. The number of aliphatic imine (C=N–C) groups is 1. The van der Waals surface area contributed by atoms with E-state index in [4.69, 9.17) is 4.74 Å². The molecule has 1 aliphatic rings. The van der Waals surface area contributed by atoms with E-state index < -0.39 is 10.0 Å². The molecule has 1 aliphatic heterocycles. The quantitative estimate of drug-likeness (QED) is 0.316. The molecule has 0 unspecified atom stereocenters. The second kappa shape index (κ2) is 12.5. The standard InChI is InChI=1S/C18H30N4O3S.HI/c1-3-16-7-5-6-8-17(16)15-21-18(19-4-2)20-9-14-26(23,24)22-10-12-25-13-11-22;/h5-8H,3-4,9-15H2,1-2H3,(H2,19,20,21);1H. The maximum atomic E-state index is 12.4. The summed E-state index contributed by atoms with van der Waals surface area (Å²) in [5.74, 6) is 0.679. The molecule has 2 N–H and O–H groups in total. The Balaban J connectivity index is 0.00000364. The Kier molecular flexibility index (Phi) is 11.2. The lowest BCUT2D eigenvalue weighted by atomic mass is 10.1. The molecule has 0 aliphatic carbocycles. The van der Waals surface area contributed by atoms with Crippen molar-refractivity contribution in [2.24, 2.45) is 4.99 Å². The minimum atomic E-state index is -3.26. The number of halogens is 1. The highest BCUT2D eigenvalue weighted by Gasteiger charge is 2.23. The number of morpholine rings is 1. The number of nitrogens with one attached hydrogen (secondary N) is 2. The topological polar surface area (TPSA) is 83.0 Å². The number of guanidine groups is 1. The monoisotopic (exact) mass is 510 g/mol. The normalized spacial score (nSPS) is 15.9. The molecular formula is C18H31IN4O3S. The molecular weight excluding hydrogens is 479 g/mol. The molecule has 0 saturated carbocycles. The van der Waals surface area contributed by atoms with Crippen molar-refractivity contribution in [2.45, 2.75) is 26.8 Å². The third-order valence-electron chi connectivity index (χ3n) is 4.27. The maximum Gasteiger partial charge on any atom is 0.215 e. The number of rotatable bonds is 8. The van der Waals surface area contributed by atoms with Crippen molar-refractivity contribution in [3.8, 4) is 0 Å². The van der Waals surface area contributed by atoms with Gasteiger partial charge in [0, 0.05) is 26.2 Å². The van der Waals surface area contributed by atoms with Crippen molar-refractivity contribution >= 4 is 40.0 Å². The van der Waals surface area contributed by atoms with E-state index in [1.807, 2.05) is 19.1 Å². The fourth-order valence-corrected chi connectivity index (χ4v) is 4.14. The average molecular weight is 510 g/mol. The summed E-state index contributed by atoms with van der Waals surface area (Å²) in [5, 5.41) is 6.29. The molecule has 0 spiro atoms. The minimum absolute atomic E-state index is 0. The van der Waals surface area contributed by atoms with Crippen LogP contribution in [0.5, 0.6) is 0 Å². The van der Waals surface area contributed by atoms with Gasteiger partial charge in [-0.2, -0.15) is 4.31 Å². The Labute approximate surface area is 180 Å². The van der Waals surface area contributed by atoms with Gasteiger partial charge in [-0.15, -0.1) is 24.0 Å². The van der Waals surface area contributed by atoms with Gasteiger partial charge in [0.25, 0.3) is 0 Å². The van der Waals surface area contributed by atoms with Crippen LogP contribution in [-0.4, -0.2) is 63.8 Å². The van der Waals surface area contributed by atoms with Gasteiger partial charge in [-0.3, -0.25) is 0 Å². The van der Waals surface area contributed by atoms with Crippen molar-refractivity contribution in [1.29, 1.82) is 0 Å². The molecule has 1 aromatic carbocycles. The first-order valence-corrected chi connectivity index (χ1v) is 10.8. The molecule has 2 rings (SSSR count). The van der Waals surface area contributed by atoms with E-state index in [-0.39, 0.29) is 29.7 Å². The average Bonchev–Trinajstić information content (AvgIpc) is 2.67. The Morgan fingerprint density at radius 2 is 1.81 bits per heavy atom. The van der Waals surface area contributed by atoms with E-state index in [9.17, 15) is 8.42 Å². The largest absolute Gasteiger partial charge is 0.379 e. The van der Waals surface area contributed by atoms with Crippen LogP contribution in [-0.2, 0) is 27.7 Å². The zero-order valence-corrected chi connectivity index (χ0v) is 19.3. The van der Waals surface area contributed by atoms with Crippen molar-refractivity contribution in [3.63, 3.8) is 0 Å². The van der Waals surface area contributed by atoms with Gasteiger partial charge in [0.15, 0.2) is 5.96 Å². The summed E-state index contributed by atoms with van der Waals surface area (Å²) in [7, 11) is -3.26. The molecule has 1 aromatic rings. The minimum Gasteiger partial charge on any atom is -0.379 e. The Morgan fingerprint density at radius 1 is 1.15 bits per heavy atom. The summed E-state index contributed by atoms with van der Waals surface area (Å²) >= 11 is 0. The van der Waals surface area contributed by atoms with Crippen LogP contribution in [0.25, 0.3) is 0 Å². The molecule has 27 heavy (non-hydrogen) atoms. The Morgan fingerprint density at radius 3 is 2.44 bits per heavy atom. The molecule has 0 aromatic heterocycles. The molecule has 0 bridgehead atoms. The van der Waals surface area contributed by atoms with Gasteiger partial charge in [-0.25, -0.2) is 13.4 Å². The Bertz CT molecular complexity index is 692. The van der Waals surface area contributed by atoms with Crippen molar-refractivity contribution in [3.05, 3.63) is 35.4 Å². The lowest BCUT2D eigenvalue weighted by Crippen LogP contribution is -2.45. The van der Waals surface area contributed by atoms with Crippen LogP contribution in [0.4, 0.5) is 0 Å². The summed E-state index contributed by atoms with van der Waals surface area (Å²) in [6, 6.07) is 8.24.